The van der Waals surface area contributed by atoms with Gasteiger partial charge in [-0.1, -0.05) is 24.3 Å². The zero-order valence-electron chi connectivity index (χ0n) is 14.7. The van der Waals surface area contributed by atoms with Crippen LogP contribution in [0.3, 0.4) is 0 Å². The van der Waals surface area contributed by atoms with Crippen LogP contribution in [-0.4, -0.2) is 60.5 Å². The minimum absolute atomic E-state index is 0. The fourth-order valence-electron chi connectivity index (χ4n) is 2.69. The van der Waals surface area contributed by atoms with E-state index in [1.54, 1.807) is 18.3 Å². The largest absolute Gasteiger partial charge is 0.495 e. The maximum Gasteiger partial charge on any atom is 0.349 e. The van der Waals surface area contributed by atoms with Gasteiger partial charge in [-0.15, -0.1) is 0 Å². The molecule has 0 fully saturated rings. The van der Waals surface area contributed by atoms with Gasteiger partial charge in [-0.05, 0) is 29.8 Å². The average Bonchev–Trinajstić information content (AvgIpc) is 3.13. The number of aromatic amines is 1. The number of nitrogens with zero attached hydrogens (tertiary/aromatic N) is 3. The van der Waals surface area contributed by atoms with E-state index < -0.39 is 10.8 Å². The van der Waals surface area contributed by atoms with Crippen LogP contribution in [0.1, 0.15) is 0 Å². The predicted octanol–water partition coefficient (Wildman–Crippen LogP) is 1.88. The number of H-pyrrole nitrogens is 1. The third kappa shape index (κ3) is 3.61. The molecule has 4 aromatic rings. The Kier molecular flexibility index (Phi) is 5.91. The molecule has 1 N–H and O–H groups in total. The van der Waals surface area contributed by atoms with Gasteiger partial charge in [0.05, 0.1) is 35.3 Å². The van der Waals surface area contributed by atoms with E-state index in [0.717, 1.165) is 5.56 Å². The Hall–Kier alpha value is -2.26. The molecule has 7 nitrogen and oxygen atoms in total. The van der Waals surface area contributed by atoms with Gasteiger partial charge in [-0.3, -0.25) is 4.98 Å². The van der Waals surface area contributed by atoms with Crippen molar-refractivity contribution >= 4 is 46.0 Å². The quantitative estimate of drug-likeness (QED) is 0.539. The first kappa shape index (κ1) is 19.5. The second-order valence-electron chi connectivity index (χ2n) is 5.45. The molecule has 1 atom stereocenters. The summed E-state index contributed by atoms with van der Waals surface area (Å²) in [5.41, 5.74) is 1.53. The molecule has 27 heavy (non-hydrogen) atoms. The first-order chi connectivity index (χ1) is 12.7. The first-order valence-electron chi connectivity index (χ1n) is 7.75. The number of hydrogen-bond donors (Lipinski definition) is 1. The van der Waals surface area contributed by atoms with Gasteiger partial charge < -0.3 is 4.74 Å². The summed E-state index contributed by atoms with van der Waals surface area (Å²) in [6.07, 6.45) is 2.90. The van der Waals surface area contributed by atoms with E-state index >= 15 is 0 Å². The summed E-state index contributed by atoms with van der Waals surface area (Å²) < 4.78 is 19.5. The second-order valence-corrected chi connectivity index (χ2v) is 6.90. The van der Waals surface area contributed by atoms with Crippen molar-refractivity contribution in [3.05, 3.63) is 71.5 Å². The predicted molar refractivity (Wildman–Crippen MR) is 102 cm³/mol. The van der Waals surface area contributed by atoms with Gasteiger partial charge >= 0.3 is 5.69 Å². The van der Waals surface area contributed by atoms with Crippen LogP contribution in [0.25, 0.3) is 16.8 Å². The van der Waals surface area contributed by atoms with Crippen molar-refractivity contribution in [2.45, 2.75) is 9.79 Å². The molecule has 1 radical (unpaired) electrons. The monoisotopic (exact) mass is 389 g/mol. The van der Waals surface area contributed by atoms with Crippen LogP contribution in [0, 0.1) is 0 Å². The Morgan fingerprint density at radius 3 is 2.67 bits per heavy atom. The molecule has 131 valence electrons. The number of aromatic nitrogens is 4. The van der Waals surface area contributed by atoms with Crippen LogP contribution < -0.4 is 10.4 Å². The molecule has 0 amide bonds. The topological polar surface area (TPSA) is 89.3 Å². The Balaban J connectivity index is 0.00000210. The molecule has 0 aliphatic carbocycles. The van der Waals surface area contributed by atoms with E-state index in [-0.39, 0.29) is 35.2 Å². The van der Waals surface area contributed by atoms with Crippen LogP contribution >= 0.6 is 0 Å². The number of hydrogen-bond acceptors (Lipinski definition) is 5. The van der Waals surface area contributed by atoms with Crippen LogP contribution in [0.4, 0.5) is 0 Å². The van der Waals surface area contributed by atoms with E-state index in [2.05, 4.69) is 15.1 Å². The molecular weight excluding hydrogens is 375 g/mol. The third-order valence-electron chi connectivity index (χ3n) is 3.94. The van der Waals surface area contributed by atoms with Crippen LogP contribution in [-0.2, 0) is 10.8 Å². The number of fused-ring (bicyclic) bond motifs is 1. The van der Waals surface area contributed by atoms with Gasteiger partial charge in [0.2, 0.25) is 0 Å². The van der Waals surface area contributed by atoms with Crippen molar-refractivity contribution in [3.63, 3.8) is 0 Å². The van der Waals surface area contributed by atoms with Gasteiger partial charge in [-0.25, -0.2) is 14.0 Å². The summed E-state index contributed by atoms with van der Waals surface area (Å²) in [5.74, 6) is 0.494. The summed E-state index contributed by atoms with van der Waals surface area (Å²) in [5, 5.41) is 4.06. The molecule has 1 unspecified atom stereocenters. The Morgan fingerprint density at radius 1 is 1.15 bits per heavy atom. The van der Waals surface area contributed by atoms with Gasteiger partial charge in [0.25, 0.3) is 0 Å². The van der Waals surface area contributed by atoms with Gasteiger partial charge in [0, 0.05) is 40.0 Å². The molecule has 2 aromatic carbocycles. The molecule has 4 rings (SSSR count). The summed E-state index contributed by atoms with van der Waals surface area (Å²) in [6, 6.07) is 14.5. The van der Waals surface area contributed by atoms with Crippen molar-refractivity contribution in [1.29, 1.82) is 0 Å². The van der Waals surface area contributed by atoms with Gasteiger partial charge in [0.1, 0.15) is 5.75 Å². The molecule has 2 heterocycles. The Bertz CT molecular complexity index is 1170. The van der Waals surface area contributed by atoms with E-state index in [1.807, 2.05) is 36.4 Å². The third-order valence-corrected chi connectivity index (χ3v) is 5.38. The van der Waals surface area contributed by atoms with E-state index in [1.165, 1.54) is 18.0 Å². The fraction of sp³-hybridized carbons (Fsp3) is 0.0556. The number of nitrogens with one attached hydrogen (secondary N) is 1. The summed E-state index contributed by atoms with van der Waals surface area (Å²) in [7, 11) is 0.171. The van der Waals surface area contributed by atoms with Gasteiger partial charge in [-0.2, -0.15) is 9.61 Å². The minimum Gasteiger partial charge on any atom is -0.495 e. The fourth-order valence-corrected chi connectivity index (χ4v) is 3.86. The molecule has 0 spiro atoms. The number of benzene rings is 2. The standard InChI is InChI=1S/C18H14N4O3S.Na/c1-25-15-9-12(14-10-21-22-17(14)19-11-20-18(22)23)7-8-16(15)26(24)13-5-3-2-4-6-13;/h2-11H,1H3,(H,19,20,23);. The molecule has 0 aliphatic rings. The van der Waals surface area contributed by atoms with Crippen molar-refractivity contribution in [2.24, 2.45) is 0 Å². The summed E-state index contributed by atoms with van der Waals surface area (Å²) in [4.78, 5) is 19.7. The van der Waals surface area contributed by atoms with Crippen molar-refractivity contribution in [2.75, 3.05) is 7.11 Å². The summed E-state index contributed by atoms with van der Waals surface area (Å²) >= 11 is 0. The molecule has 0 aliphatic heterocycles. The molecule has 0 saturated carbocycles. The minimum atomic E-state index is -1.36. The Morgan fingerprint density at radius 2 is 1.93 bits per heavy atom. The van der Waals surface area contributed by atoms with Crippen molar-refractivity contribution in [1.82, 2.24) is 19.6 Å². The first-order valence-corrected chi connectivity index (χ1v) is 8.90. The maximum atomic E-state index is 12.8. The smallest absolute Gasteiger partial charge is 0.349 e. The van der Waals surface area contributed by atoms with E-state index in [4.69, 9.17) is 4.74 Å². The van der Waals surface area contributed by atoms with Crippen LogP contribution in [0.15, 0.2) is 75.6 Å². The van der Waals surface area contributed by atoms with E-state index in [0.29, 0.717) is 26.8 Å². The van der Waals surface area contributed by atoms with Crippen molar-refractivity contribution in [3.8, 4) is 16.9 Å². The van der Waals surface area contributed by atoms with Crippen molar-refractivity contribution < 1.29 is 8.95 Å². The molecule has 2 aromatic heterocycles. The van der Waals surface area contributed by atoms with Crippen LogP contribution in [0.5, 0.6) is 5.75 Å². The Labute approximate surface area is 179 Å². The summed E-state index contributed by atoms with van der Waals surface area (Å²) in [6.45, 7) is 0. The number of methoxy groups -OCH3 is 1. The number of ether oxygens (including phenoxy) is 1. The molecule has 9 heteroatoms. The molecular formula is C18H14N4NaO3S. The van der Waals surface area contributed by atoms with Crippen LogP contribution in [0.2, 0.25) is 0 Å². The molecule has 0 saturated heterocycles. The normalized spacial score (nSPS) is 11.7. The SMILES string of the molecule is COc1cc(-c2cnn3c(=O)[nH]cnc23)ccc1S(=O)c1ccccc1.[Na]. The van der Waals surface area contributed by atoms with Gasteiger partial charge in [0.15, 0.2) is 5.65 Å². The molecule has 0 bridgehead atoms. The van der Waals surface area contributed by atoms with E-state index in [9.17, 15) is 9.00 Å². The second kappa shape index (κ2) is 8.18. The average molecular weight is 389 g/mol. The zero-order chi connectivity index (χ0) is 18.1. The maximum absolute atomic E-state index is 12.8. The zero-order valence-corrected chi connectivity index (χ0v) is 17.6. The number of rotatable bonds is 4.